The van der Waals surface area contributed by atoms with Crippen molar-refractivity contribution >= 4 is 28.2 Å². The number of pyridine rings is 1. The molecule has 0 unspecified atom stereocenters. The highest BCUT2D eigenvalue weighted by Gasteiger charge is 2.11. The van der Waals surface area contributed by atoms with Crippen molar-refractivity contribution in [1.29, 1.82) is 0 Å². The molecule has 0 spiro atoms. The van der Waals surface area contributed by atoms with Crippen molar-refractivity contribution in [2.45, 2.75) is 0 Å². The zero-order chi connectivity index (χ0) is 14.7. The van der Waals surface area contributed by atoms with Crippen LogP contribution in [0, 0.1) is 0 Å². The second-order valence-electron chi connectivity index (χ2n) is 4.63. The first-order valence-electron chi connectivity index (χ1n) is 6.71. The number of nitrogens with one attached hydrogen (secondary N) is 2. The van der Waals surface area contributed by atoms with Gasteiger partial charge in [0.2, 0.25) is 0 Å². The monoisotopic (exact) mass is 277 g/mol. The molecule has 0 saturated carbocycles. The average Bonchev–Trinajstić information content (AvgIpc) is 2.55. The second-order valence-corrected chi connectivity index (χ2v) is 4.63. The molecule has 1 aromatic heterocycles. The van der Waals surface area contributed by atoms with Crippen LogP contribution < -0.4 is 10.6 Å². The third kappa shape index (κ3) is 2.56. The first kappa shape index (κ1) is 13.1. The summed E-state index contributed by atoms with van der Waals surface area (Å²) in [6.45, 7) is 0. The summed E-state index contributed by atoms with van der Waals surface area (Å²) >= 11 is 0. The highest BCUT2D eigenvalue weighted by molar-refractivity contribution is 6.11. The van der Waals surface area contributed by atoms with E-state index in [1.807, 2.05) is 48.5 Å². The molecule has 0 fully saturated rings. The normalized spacial score (nSPS) is 10.3. The van der Waals surface area contributed by atoms with Crippen LogP contribution in [0.5, 0.6) is 0 Å². The molecule has 0 atom stereocenters. The molecule has 104 valence electrons. The van der Waals surface area contributed by atoms with Gasteiger partial charge in [-0.25, -0.2) is 0 Å². The summed E-state index contributed by atoms with van der Waals surface area (Å²) in [4.78, 5) is 16.8. The highest BCUT2D eigenvalue weighted by atomic mass is 16.1. The number of benzene rings is 2. The summed E-state index contributed by atoms with van der Waals surface area (Å²) in [6.07, 6.45) is 1.72. The van der Waals surface area contributed by atoms with Crippen LogP contribution in [-0.2, 0) is 0 Å². The third-order valence-corrected chi connectivity index (χ3v) is 3.32. The number of carbonyl (C=O) groups excluding carboxylic acids is 1. The number of anilines is 2. The minimum atomic E-state index is -0.155. The topological polar surface area (TPSA) is 54.0 Å². The standard InChI is InChI=1S/C17H15N3O/c1-18-14-9-3-2-8-13(14)17(21)20-15-10-4-6-12-7-5-11-19-16(12)15/h2-11,18H,1H3,(H,20,21). The molecule has 0 saturated heterocycles. The Morgan fingerprint density at radius 3 is 2.57 bits per heavy atom. The SMILES string of the molecule is CNc1ccccc1C(=O)Nc1cccc2cccnc12. The van der Waals surface area contributed by atoms with E-state index in [1.54, 1.807) is 19.3 Å². The van der Waals surface area contributed by atoms with Gasteiger partial charge >= 0.3 is 0 Å². The molecule has 4 nitrogen and oxygen atoms in total. The molecule has 21 heavy (non-hydrogen) atoms. The summed E-state index contributed by atoms with van der Waals surface area (Å²) in [6, 6.07) is 17.0. The quantitative estimate of drug-likeness (QED) is 0.770. The minimum absolute atomic E-state index is 0.155. The van der Waals surface area contributed by atoms with Crippen LogP contribution in [0.15, 0.2) is 60.8 Å². The van der Waals surface area contributed by atoms with E-state index in [0.717, 1.165) is 16.6 Å². The van der Waals surface area contributed by atoms with E-state index in [-0.39, 0.29) is 5.91 Å². The fourth-order valence-corrected chi connectivity index (χ4v) is 2.29. The lowest BCUT2D eigenvalue weighted by molar-refractivity contribution is 0.102. The Hall–Kier alpha value is -2.88. The Morgan fingerprint density at radius 2 is 1.71 bits per heavy atom. The van der Waals surface area contributed by atoms with E-state index in [1.165, 1.54) is 0 Å². The summed E-state index contributed by atoms with van der Waals surface area (Å²) in [5, 5.41) is 6.95. The lowest BCUT2D eigenvalue weighted by Gasteiger charge is -2.11. The minimum Gasteiger partial charge on any atom is -0.387 e. The van der Waals surface area contributed by atoms with Crippen LogP contribution >= 0.6 is 0 Å². The number of para-hydroxylation sites is 2. The second kappa shape index (κ2) is 5.63. The van der Waals surface area contributed by atoms with E-state index < -0.39 is 0 Å². The maximum Gasteiger partial charge on any atom is 0.257 e. The van der Waals surface area contributed by atoms with Crippen LogP contribution in [0.4, 0.5) is 11.4 Å². The van der Waals surface area contributed by atoms with Crippen molar-refractivity contribution in [3.8, 4) is 0 Å². The van der Waals surface area contributed by atoms with Gasteiger partial charge < -0.3 is 10.6 Å². The Kier molecular flexibility index (Phi) is 3.51. The van der Waals surface area contributed by atoms with Gasteiger partial charge in [-0.05, 0) is 24.3 Å². The maximum absolute atomic E-state index is 12.5. The van der Waals surface area contributed by atoms with Gasteiger partial charge in [0.05, 0.1) is 16.8 Å². The molecule has 0 bridgehead atoms. The van der Waals surface area contributed by atoms with Gasteiger partial charge in [0.15, 0.2) is 0 Å². The number of hydrogen-bond donors (Lipinski definition) is 2. The van der Waals surface area contributed by atoms with Crippen molar-refractivity contribution < 1.29 is 4.79 Å². The summed E-state index contributed by atoms with van der Waals surface area (Å²) in [5.41, 5.74) is 2.90. The van der Waals surface area contributed by atoms with Gasteiger partial charge in [0.1, 0.15) is 0 Å². The molecule has 4 heteroatoms. The van der Waals surface area contributed by atoms with Gasteiger partial charge in [-0.2, -0.15) is 0 Å². The van der Waals surface area contributed by atoms with Crippen LogP contribution in [0.2, 0.25) is 0 Å². The lowest BCUT2D eigenvalue weighted by atomic mass is 10.1. The number of fused-ring (bicyclic) bond motifs is 1. The van der Waals surface area contributed by atoms with Crippen molar-refractivity contribution in [2.75, 3.05) is 17.7 Å². The number of hydrogen-bond acceptors (Lipinski definition) is 3. The van der Waals surface area contributed by atoms with Gasteiger partial charge in [-0.1, -0.05) is 30.3 Å². The molecule has 3 aromatic rings. The lowest BCUT2D eigenvalue weighted by Crippen LogP contribution is -2.14. The third-order valence-electron chi connectivity index (χ3n) is 3.32. The number of amides is 1. The molecule has 0 aliphatic heterocycles. The molecule has 1 amide bonds. The van der Waals surface area contributed by atoms with Crippen LogP contribution in [-0.4, -0.2) is 17.9 Å². The summed E-state index contributed by atoms with van der Waals surface area (Å²) < 4.78 is 0. The molecule has 0 aliphatic carbocycles. The molecule has 2 aromatic carbocycles. The van der Waals surface area contributed by atoms with E-state index in [9.17, 15) is 4.79 Å². The smallest absolute Gasteiger partial charge is 0.257 e. The summed E-state index contributed by atoms with van der Waals surface area (Å²) in [7, 11) is 1.80. The number of aromatic nitrogens is 1. The van der Waals surface area contributed by atoms with Crippen LogP contribution in [0.25, 0.3) is 10.9 Å². The van der Waals surface area contributed by atoms with E-state index in [2.05, 4.69) is 15.6 Å². The molecular weight excluding hydrogens is 262 g/mol. The molecule has 2 N–H and O–H groups in total. The van der Waals surface area contributed by atoms with Gasteiger partial charge in [0.25, 0.3) is 5.91 Å². The highest BCUT2D eigenvalue weighted by Crippen LogP contribution is 2.22. The van der Waals surface area contributed by atoms with Crippen LogP contribution in [0.1, 0.15) is 10.4 Å². The van der Waals surface area contributed by atoms with Crippen LogP contribution in [0.3, 0.4) is 0 Å². The van der Waals surface area contributed by atoms with E-state index >= 15 is 0 Å². The Balaban J connectivity index is 1.97. The van der Waals surface area contributed by atoms with Crippen molar-refractivity contribution in [3.05, 3.63) is 66.4 Å². The van der Waals surface area contributed by atoms with Gasteiger partial charge in [-0.15, -0.1) is 0 Å². The van der Waals surface area contributed by atoms with E-state index in [4.69, 9.17) is 0 Å². The molecule has 1 heterocycles. The van der Waals surface area contributed by atoms with Gasteiger partial charge in [0, 0.05) is 24.3 Å². The molecule has 3 rings (SSSR count). The molecule has 0 radical (unpaired) electrons. The number of nitrogens with zero attached hydrogens (tertiary/aromatic N) is 1. The Morgan fingerprint density at radius 1 is 0.952 bits per heavy atom. The number of rotatable bonds is 3. The predicted molar refractivity (Wildman–Crippen MR) is 85.7 cm³/mol. The van der Waals surface area contributed by atoms with E-state index in [0.29, 0.717) is 11.3 Å². The first-order valence-corrected chi connectivity index (χ1v) is 6.71. The molecule has 0 aliphatic rings. The number of carbonyl (C=O) groups is 1. The maximum atomic E-state index is 12.5. The fourth-order valence-electron chi connectivity index (χ4n) is 2.29. The largest absolute Gasteiger partial charge is 0.387 e. The zero-order valence-electron chi connectivity index (χ0n) is 11.6. The predicted octanol–water partition coefficient (Wildman–Crippen LogP) is 3.53. The first-order chi connectivity index (χ1) is 10.3. The Labute approximate surface area is 122 Å². The summed E-state index contributed by atoms with van der Waals surface area (Å²) in [5.74, 6) is -0.155. The zero-order valence-corrected chi connectivity index (χ0v) is 11.6. The van der Waals surface area contributed by atoms with Crippen molar-refractivity contribution in [1.82, 2.24) is 4.98 Å². The van der Waals surface area contributed by atoms with Crippen molar-refractivity contribution in [3.63, 3.8) is 0 Å². The molecular formula is C17H15N3O. The fraction of sp³-hybridized carbons (Fsp3) is 0.0588. The Bertz CT molecular complexity index is 793. The van der Waals surface area contributed by atoms with Crippen molar-refractivity contribution in [2.24, 2.45) is 0 Å². The average molecular weight is 277 g/mol. The van der Waals surface area contributed by atoms with Gasteiger partial charge in [-0.3, -0.25) is 9.78 Å².